The molecule has 0 saturated heterocycles. The smallest absolute Gasteiger partial charge is 0.266 e. The summed E-state index contributed by atoms with van der Waals surface area (Å²) in [4.78, 5) is 23.8. The van der Waals surface area contributed by atoms with Gasteiger partial charge in [-0.2, -0.15) is 0 Å². The SMILES string of the molecule is CN1C(=O)C(c2ccccc2)(c2cccc(C3(C)C=CC=NC3)c2)N=C1N. The third-order valence-electron chi connectivity index (χ3n) is 5.45. The van der Waals surface area contributed by atoms with E-state index in [0.29, 0.717) is 6.54 Å². The van der Waals surface area contributed by atoms with Crippen molar-refractivity contribution in [3.8, 4) is 0 Å². The van der Waals surface area contributed by atoms with E-state index in [-0.39, 0.29) is 17.3 Å². The molecule has 2 aliphatic rings. The minimum atomic E-state index is -1.16. The molecule has 2 aromatic rings. The number of benzene rings is 2. The van der Waals surface area contributed by atoms with Gasteiger partial charge in [0.15, 0.2) is 11.5 Å². The molecule has 4 rings (SSSR count). The van der Waals surface area contributed by atoms with E-state index in [2.05, 4.69) is 35.1 Å². The van der Waals surface area contributed by atoms with Crippen LogP contribution in [0.3, 0.4) is 0 Å². The summed E-state index contributed by atoms with van der Waals surface area (Å²) in [5, 5.41) is 0. The van der Waals surface area contributed by atoms with Gasteiger partial charge in [-0.05, 0) is 22.8 Å². The van der Waals surface area contributed by atoms with Crippen LogP contribution in [0.5, 0.6) is 0 Å². The molecule has 2 atom stereocenters. The lowest BCUT2D eigenvalue weighted by atomic mass is 9.77. The summed E-state index contributed by atoms with van der Waals surface area (Å²) < 4.78 is 0. The van der Waals surface area contributed by atoms with Crippen molar-refractivity contribution in [2.75, 3.05) is 13.6 Å². The first-order valence-electron chi connectivity index (χ1n) is 8.95. The first-order valence-corrected chi connectivity index (χ1v) is 8.95. The van der Waals surface area contributed by atoms with Crippen LogP contribution in [-0.2, 0) is 15.7 Å². The van der Waals surface area contributed by atoms with E-state index in [9.17, 15) is 4.79 Å². The molecule has 0 saturated carbocycles. The molecule has 136 valence electrons. The second kappa shape index (κ2) is 6.20. The third-order valence-corrected chi connectivity index (χ3v) is 5.45. The molecule has 0 fully saturated rings. The molecule has 0 aliphatic carbocycles. The van der Waals surface area contributed by atoms with Gasteiger partial charge in [-0.3, -0.25) is 14.7 Å². The number of amides is 1. The molecule has 2 heterocycles. The fourth-order valence-corrected chi connectivity index (χ4v) is 3.76. The Bertz CT molecular complexity index is 979. The summed E-state index contributed by atoms with van der Waals surface area (Å²) >= 11 is 0. The number of dihydropyridines is 1. The van der Waals surface area contributed by atoms with Gasteiger partial charge in [-0.25, -0.2) is 4.99 Å². The van der Waals surface area contributed by atoms with Crippen LogP contribution in [0, 0.1) is 0 Å². The zero-order chi connectivity index (χ0) is 19.1. The van der Waals surface area contributed by atoms with Gasteiger partial charge in [0.1, 0.15) is 0 Å². The van der Waals surface area contributed by atoms with E-state index in [1.165, 1.54) is 4.90 Å². The zero-order valence-corrected chi connectivity index (χ0v) is 15.5. The minimum absolute atomic E-state index is 0.147. The van der Waals surface area contributed by atoms with E-state index in [4.69, 9.17) is 5.73 Å². The van der Waals surface area contributed by atoms with E-state index in [1.54, 1.807) is 7.05 Å². The van der Waals surface area contributed by atoms with Crippen molar-refractivity contribution in [1.29, 1.82) is 0 Å². The van der Waals surface area contributed by atoms with Crippen LogP contribution in [-0.4, -0.2) is 36.6 Å². The van der Waals surface area contributed by atoms with Crippen LogP contribution in [0.1, 0.15) is 23.6 Å². The lowest BCUT2D eigenvalue weighted by Gasteiger charge is -2.30. The number of aliphatic imine (C=N–C) groups is 2. The summed E-state index contributed by atoms with van der Waals surface area (Å²) in [5.41, 5.74) is 7.39. The summed E-state index contributed by atoms with van der Waals surface area (Å²) in [6, 6.07) is 17.7. The first kappa shape index (κ1) is 17.2. The number of nitrogens with zero attached hydrogens (tertiary/aromatic N) is 3. The molecule has 2 aromatic carbocycles. The van der Waals surface area contributed by atoms with Crippen molar-refractivity contribution in [2.24, 2.45) is 15.7 Å². The molecule has 5 nitrogen and oxygen atoms in total. The van der Waals surface area contributed by atoms with Crippen LogP contribution in [0.4, 0.5) is 0 Å². The molecule has 27 heavy (non-hydrogen) atoms. The number of allylic oxidation sites excluding steroid dienone is 1. The molecule has 2 N–H and O–H groups in total. The van der Waals surface area contributed by atoms with Gasteiger partial charge in [-0.15, -0.1) is 0 Å². The molecule has 0 radical (unpaired) electrons. The molecular formula is C22H22N4O. The summed E-state index contributed by atoms with van der Waals surface area (Å²) in [7, 11) is 1.66. The molecule has 1 amide bonds. The molecule has 0 aromatic heterocycles. The van der Waals surface area contributed by atoms with E-state index < -0.39 is 5.54 Å². The second-order valence-electron chi connectivity index (χ2n) is 7.26. The lowest BCUT2D eigenvalue weighted by molar-refractivity contribution is -0.129. The molecule has 0 bridgehead atoms. The average molecular weight is 358 g/mol. The Morgan fingerprint density at radius 2 is 1.74 bits per heavy atom. The quantitative estimate of drug-likeness (QED) is 0.916. The highest BCUT2D eigenvalue weighted by Crippen LogP contribution is 2.40. The number of carbonyl (C=O) groups is 1. The van der Waals surface area contributed by atoms with Crippen LogP contribution < -0.4 is 5.73 Å². The highest BCUT2D eigenvalue weighted by atomic mass is 16.2. The fraction of sp³-hybridized carbons (Fsp3) is 0.227. The summed E-state index contributed by atoms with van der Waals surface area (Å²) in [6.45, 7) is 2.82. The number of hydrogen-bond acceptors (Lipinski definition) is 4. The monoisotopic (exact) mass is 358 g/mol. The van der Waals surface area contributed by atoms with Gasteiger partial charge in [0, 0.05) is 18.7 Å². The number of nitrogens with two attached hydrogens (primary N) is 1. The minimum Gasteiger partial charge on any atom is -0.369 e. The summed E-state index contributed by atoms with van der Waals surface area (Å²) in [6.07, 6.45) is 5.93. The van der Waals surface area contributed by atoms with Gasteiger partial charge >= 0.3 is 0 Å². The second-order valence-corrected chi connectivity index (χ2v) is 7.26. The lowest BCUT2D eigenvalue weighted by Crippen LogP contribution is -2.41. The molecule has 2 aliphatic heterocycles. The predicted molar refractivity (Wildman–Crippen MR) is 108 cm³/mol. The van der Waals surface area contributed by atoms with E-state index in [1.807, 2.05) is 54.8 Å². The van der Waals surface area contributed by atoms with Gasteiger partial charge in [-0.1, -0.05) is 67.6 Å². The maximum Gasteiger partial charge on any atom is 0.266 e. The van der Waals surface area contributed by atoms with Crippen molar-refractivity contribution in [3.05, 3.63) is 83.4 Å². The van der Waals surface area contributed by atoms with Crippen molar-refractivity contribution >= 4 is 18.1 Å². The van der Waals surface area contributed by atoms with Crippen LogP contribution >= 0.6 is 0 Å². The average Bonchev–Trinajstić information content (AvgIpc) is 2.94. The van der Waals surface area contributed by atoms with Gasteiger partial charge in [0.25, 0.3) is 5.91 Å². The van der Waals surface area contributed by atoms with Crippen molar-refractivity contribution < 1.29 is 4.79 Å². The Kier molecular flexibility index (Phi) is 3.95. The maximum atomic E-state index is 13.3. The first-order chi connectivity index (χ1) is 13.0. The van der Waals surface area contributed by atoms with Gasteiger partial charge in [0.2, 0.25) is 0 Å². The fourth-order valence-electron chi connectivity index (χ4n) is 3.76. The Morgan fingerprint density at radius 1 is 1.04 bits per heavy atom. The number of guanidine groups is 1. The van der Waals surface area contributed by atoms with Crippen LogP contribution in [0.15, 0.2) is 76.7 Å². The highest BCUT2D eigenvalue weighted by molar-refractivity contribution is 6.08. The van der Waals surface area contributed by atoms with E-state index in [0.717, 1.165) is 16.7 Å². The van der Waals surface area contributed by atoms with Gasteiger partial charge < -0.3 is 5.73 Å². The Hall–Kier alpha value is -3.21. The van der Waals surface area contributed by atoms with Crippen molar-refractivity contribution in [3.63, 3.8) is 0 Å². The maximum absolute atomic E-state index is 13.3. The van der Waals surface area contributed by atoms with Crippen LogP contribution in [0.25, 0.3) is 0 Å². The largest absolute Gasteiger partial charge is 0.369 e. The Morgan fingerprint density at radius 3 is 2.37 bits per heavy atom. The number of hydrogen-bond donors (Lipinski definition) is 1. The summed E-state index contributed by atoms with van der Waals surface area (Å²) in [5.74, 6) is 0.0772. The van der Waals surface area contributed by atoms with Gasteiger partial charge in [0.05, 0.1) is 6.54 Å². The third kappa shape index (κ3) is 2.58. The Balaban J connectivity index is 1.91. The topological polar surface area (TPSA) is 71.0 Å². The Labute approximate surface area is 158 Å². The molecule has 2 unspecified atom stereocenters. The predicted octanol–water partition coefficient (Wildman–Crippen LogP) is 2.62. The standard InChI is InChI=1S/C22H22N4O/c1-21(12-7-13-24-15-21)17-10-6-11-18(14-17)22(16-8-4-3-5-9-16)19(27)26(2)20(23)25-22/h3-14H,15H2,1-2H3,(H2,23,25). The van der Waals surface area contributed by atoms with Crippen molar-refractivity contribution in [1.82, 2.24) is 4.90 Å². The molecule has 5 heteroatoms. The highest BCUT2D eigenvalue weighted by Gasteiger charge is 2.49. The number of carbonyl (C=O) groups excluding carboxylic acids is 1. The normalized spacial score (nSPS) is 27.1. The number of rotatable bonds is 3. The molecule has 0 spiro atoms. The molecular weight excluding hydrogens is 336 g/mol. The zero-order valence-electron chi connectivity index (χ0n) is 15.5. The van der Waals surface area contributed by atoms with Crippen molar-refractivity contribution in [2.45, 2.75) is 17.9 Å². The van der Waals surface area contributed by atoms with E-state index >= 15 is 0 Å². The van der Waals surface area contributed by atoms with Crippen LogP contribution in [0.2, 0.25) is 0 Å². The number of likely N-dealkylation sites (N-methyl/N-ethyl adjacent to an activating group) is 1.